The highest BCUT2D eigenvalue weighted by Gasteiger charge is 2.05. The molecule has 1 heterocycles. The molecule has 1 aromatic heterocycles. The monoisotopic (exact) mass is 264 g/mol. The molecule has 0 aliphatic rings. The number of rotatable bonds is 3. The van der Waals surface area contributed by atoms with Gasteiger partial charge in [0, 0.05) is 11.8 Å². The maximum absolute atomic E-state index is 9.28. The van der Waals surface area contributed by atoms with Gasteiger partial charge in [0.15, 0.2) is 0 Å². The number of hydrogen-bond acceptors (Lipinski definition) is 4. The molecule has 5 nitrogen and oxygen atoms in total. The Morgan fingerprint density at radius 3 is 2.65 bits per heavy atom. The molecule has 0 aliphatic carbocycles. The van der Waals surface area contributed by atoms with E-state index in [1.54, 1.807) is 28.9 Å². The molecule has 0 unspecified atom stereocenters. The van der Waals surface area contributed by atoms with E-state index in [9.17, 15) is 5.11 Å². The van der Waals surface area contributed by atoms with Crippen molar-refractivity contribution in [3.63, 3.8) is 0 Å². The van der Waals surface area contributed by atoms with Gasteiger partial charge in [-0.25, -0.2) is 4.68 Å². The summed E-state index contributed by atoms with van der Waals surface area (Å²) < 4.78 is 1.66. The summed E-state index contributed by atoms with van der Waals surface area (Å²) in [5.74, 6) is 0.222. The zero-order chi connectivity index (χ0) is 13.9. The molecule has 3 aromatic rings. The minimum Gasteiger partial charge on any atom is -0.508 e. The van der Waals surface area contributed by atoms with Crippen LogP contribution < -0.4 is 0 Å². The van der Waals surface area contributed by atoms with Crippen molar-refractivity contribution >= 4 is 6.21 Å². The van der Waals surface area contributed by atoms with E-state index in [2.05, 4.69) is 10.3 Å². The molecule has 20 heavy (non-hydrogen) atoms. The first-order valence-corrected chi connectivity index (χ1v) is 6.09. The zero-order valence-electron chi connectivity index (χ0n) is 10.6. The number of phenols is 1. The Morgan fingerprint density at radius 1 is 1.10 bits per heavy atom. The van der Waals surface area contributed by atoms with Crippen molar-refractivity contribution < 1.29 is 5.11 Å². The molecule has 0 radical (unpaired) electrons. The van der Waals surface area contributed by atoms with Gasteiger partial charge in [0.1, 0.15) is 11.4 Å². The third-order valence-corrected chi connectivity index (χ3v) is 2.96. The van der Waals surface area contributed by atoms with Gasteiger partial charge in [-0.1, -0.05) is 17.3 Å². The Hall–Kier alpha value is -2.95. The predicted molar refractivity (Wildman–Crippen MR) is 76.3 cm³/mol. The molecule has 0 saturated carbocycles. The third kappa shape index (κ3) is 2.29. The summed E-state index contributed by atoms with van der Waals surface area (Å²) in [7, 11) is 0. The van der Waals surface area contributed by atoms with Crippen LogP contribution in [-0.4, -0.2) is 26.3 Å². The maximum atomic E-state index is 9.28. The lowest BCUT2D eigenvalue weighted by Crippen LogP contribution is -1.95. The third-order valence-electron chi connectivity index (χ3n) is 2.96. The average molecular weight is 264 g/mol. The van der Waals surface area contributed by atoms with Gasteiger partial charge in [-0.2, -0.15) is 0 Å². The van der Waals surface area contributed by atoms with Gasteiger partial charge < -0.3 is 10.5 Å². The molecule has 0 bridgehead atoms. The first kappa shape index (κ1) is 12.1. The molecule has 0 amide bonds. The highest BCUT2D eigenvalue weighted by molar-refractivity contribution is 5.77. The van der Waals surface area contributed by atoms with Gasteiger partial charge >= 0.3 is 0 Å². The fraction of sp³-hybridized carbons (Fsp3) is 0. The van der Waals surface area contributed by atoms with Crippen LogP contribution in [0.15, 0.2) is 54.7 Å². The number of phenolic OH excluding ortho intramolecular Hbond substituents is 1. The van der Waals surface area contributed by atoms with Crippen molar-refractivity contribution in [2.45, 2.75) is 0 Å². The maximum Gasteiger partial charge on any atom is 0.115 e. The number of aromatic nitrogens is 3. The normalized spacial score (nSPS) is 10.4. The van der Waals surface area contributed by atoms with Crippen molar-refractivity contribution in [3.8, 4) is 22.7 Å². The molecular formula is C15H12N4O. The molecule has 5 heteroatoms. The molecule has 3 rings (SSSR count). The van der Waals surface area contributed by atoms with Crippen LogP contribution in [0.1, 0.15) is 5.56 Å². The fourth-order valence-electron chi connectivity index (χ4n) is 1.91. The van der Waals surface area contributed by atoms with Crippen molar-refractivity contribution in [2.24, 2.45) is 0 Å². The fourth-order valence-corrected chi connectivity index (χ4v) is 1.91. The van der Waals surface area contributed by atoms with Crippen LogP contribution in [0, 0.1) is 5.41 Å². The van der Waals surface area contributed by atoms with E-state index in [1.165, 1.54) is 6.21 Å². The van der Waals surface area contributed by atoms with E-state index >= 15 is 0 Å². The van der Waals surface area contributed by atoms with Gasteiger partial charge in [-0.3, -0.25) is 0 Å². The summed E-state index contributed by atoms with van der Waals surface area (Å²) in [6, 6.07) is 14.3. The minimum absolute atomic E-state index is 0.222. The molecular weight excluding hydrogens is 252 g/mol. The summed E-state index contributed by atoms with van der Waals surface area (Å²) >= 11 is 0. The lowest BCUT2D eigenvalue weighted by molar-refractivity contribution is 0.475. The van der Waals surface area contributed by atoms with E-state index in [-0.39, 0.29) is 5.75 Å². The van der Waals surface area contributed by atoms with Crippen molar-refractivity contribution in [2.75, 3.05) is 0 Å². The summed E-state index contributed by atoms with van der Waals surface area (Å²) in [6.07, 6.45) is 3.11. The summed E-state index contributed by atoms with van der Waals surface area (Å²) in [5.41, 5.74) is 3.27. The number of aromatic hydroxyl groups is 1. The zero-order valence-corrected chi connectivity index (χ0v) is 10.6. The minimum atomic E-state index is 0.222. The number of benzene rings is 2. The second kappa shape index (κ2) is 4.97. The highest BCUT2D eigenvalue weighted by Crippen LogP contribution is 2.20. The van der Waals surface area contributed by atoms with E-state index in [1.807, 2.05) is 30.5 Å². The summed E-state index contributed by atoms with van der Waals surface area (Å²) in [4.78, 5) is 0. The van der Waals surface area contributed by atoms with Gasteiger partial charge in [0.05, 0.1) is 11.9 Å². The summed E-state index contributed by atoms with van der Waals surface area (Å²) in [5, 5.41) is 24.8. The van der Waals surface area contributed by atoms with Crippen LogP contribution in [0.3, 0.4) is 0 Å². The molecule has 0 spiro atoms. The van der Waals surface area contributed by atoms with Crippen LogP contribution in [0.5, 0.6) is 5.75 Å². The summed E-state index contributed by atoms with van der Waals surface area (Å²) in [6.45, 7) is 0. The molecule has 0 aliphatic heterocycles. The largest absolute Gasteiger partial charge is 0.508 e. The Morgan fingerprint density at radius 2 is 1.90 bits per heavy atom. The van der Waals surface area contributed by atoms with Crippen LogP contribution >= 0.6 is 0 Å². The molecule has 0 saturated heterocycles. The second-order valence-corrected chi connectivity index (χ2v) is 4.33. The van der Waals surface area contributed by atoms with Crippen LogP contribution in [0.4, 0.5) is 0 Å². The van der Waals surface area contributed by atoms with E-state index in [4.69, 9.17) is 5.41 Å². The predicted octanol–water partition coefficient (Wildman–Crippen LogP) is 2.64. The first-order valence-electron chi connectivity index (χ1n) is 6.09. The SMILES string of the molecule is N=Cc1cccc(-n2cc(-c3ccc(O)cc3)nn2)c1. The van der Waals surface area contributed by atoms with Crippen LogP contribution in [0.25, 0.3) is 16.9 Å². The van der Waals surface area contributed by atoms with Crippen LogP contribution in [0.2, 0.25) is 0 Å². The van der Waals surface area contributed by atoms with Crippen molar-refractivity contribution in [1.29, 1.82) is 5.41 Å². The first-order chi connectivity index (χ1) is 9.76. The second-order valence-electron chi connectivity index (χ2n) is 4.33. The van der Waals surface area contributed by atoms with Crippen molar-refractivity contribution in [3.05, 3.63) is 60.3 Å². The average Bonchev–Trinajstić information content (AvgIpc) is 2.98. The number of hydrogen-bond donors (Lipinski definition) is 2. The molecule has 2 N–H and O–H groups in total. The Kier molecular flexibility index (Phi) is 3.01. The smallest absolute Gasteiger partial charge is 0.115 e. The van der Waals surface area contributed by atoms with Crippen molar-refractivity contribution in [1.82, 2.24) is 15.0 Å². The van der Waals surface area contributed by atoms with E-state index < -0.39 is 0 Å². The van der Waals surface area contributed by atoms with Gasteiger partial charge in [-0.05, 0) is 42.0 Å². The molecule has 98 valence electrons. The quantitative estimate of drug-likeness (QED) is 0.714. The van der Waals surface area contributed by atoms with Gasteiger partial charge in [0.25, 0.3) is 0 Å². The lowest BCUT2D eigenvalue weighted by Gasteiger charge is -2.00. The Balaban J connectivity index is 1.97. The standard InChI is InChI=1S/C15H12N4O/c16-9-11-2-1-3-13(8-11)19-10-15(17-18-19)12-4-6-14(20)7-5-12/h1-10,16,20H. The van der Waals surface area contributed by atoms with Gasteiger partial charge in [0.2, 0.25) is 0 Å². The number of nitrogens with zero attached hydrogens (tertiary/aromatic N) is 3. The number of nitrogens with one attached hydrogen (secondary N) is 1. The molecule has 0 fully saturated rings. The van der Waals surface area contributed by atoms with E-state index in [0.717, 1.165) is 22.5 Å². The Labute approximate surface area is 115 Å². The Bertz CT molecular complexity index is 747. The van der Waals surface area contributed by atoms with Crippen LogP contribution in [-0.2, 0) is 0 Å². The van der Waals surface area contributed by atoms with Gasteiger partial charge in [-0.15, -0.1) is 5.10 Å². The highest BCUT2D eigenvalue weighted by atomic mass is 16.3. The molecule has 0 atom stereocenters. The molecule has 2 aromatic carbocycles. The lowest BCUT2D eigenvalue weighted by atomic mass is 10.1. The van der Waals surface area contributed by atoms with E-state index in [0.29, 0.717) is 0 Å². The topological polar surface area (TPSA) is 74.8 Å².